The molecule has 0 atom stereocenters. The molecule has 6 nitrogen and oxygen atoms in total. The number of hydrogen-bond acceptors (Lipinski definition) is 4. The molecule has 3 rings (SSSR count). The van der Waals surface area contributed by atoms with E-state index < -0.39 is 0 Å². The zero-order chi connectivity index (χ0) is 14.3. The molecule has 0 radical (unpaired) electrons. The molecule has 2 heterocycles. The van der Waals surface area contributed by atoms with E-state index in [0.717, 1.165) is 16.8 Å². The first-order chi connectivity index (χ1) is 9.56. The van der Waals surface area contributed by atoms with Crippen LogP contribution in [0.3, 0.4) is 0 Å². The predicted molar refractivity (Wildman–Crippen MR) is 73.7 cm³/mol. The summed E-state index contributed by atoms with van der Waals surface area (Å²) in [5.41, 5.74) is 1.52. The molecule has 0 bridgehead atoms. The minimum absolute atomic E-state index is 0.0903. The summed E-state index contributed by atoms with van der Waals surface area (Å²) in [5, 5.41) is 12.0. The van der Waals surface area contributed by atoms with Crippen LogP contribution in [0.1, 0.15) is 17.3 Å². The Balaban J connectivity index is 2.10. The first kappa shape index (κ1) is 12.4. The second kappa shape index (κ2) is 4.48. The average molecular weight is 271 g/mol. The maximum absolute atomic E-state index is 11.1. The van der Waals surface area contributed by atoms with Crippen LogP contribution in [0.2, 0.25) is 0 Å². The van der Waals surface area contributed by atoms with Gasteiger partial charge < -0.3 is 8.98 Å². The van der Waals surface area contributed by atoms with Gasteiger partial charge in [0.05, 0.1) is 17.2 Å². The smallest absolute Gasteiger partial charge is 0.293 e. The number of hydrogen-bond donors (Lipinski definition) is 0. The molecule has 3 aromatic rings. The van der Waals surface area contributed by atoms with Gasteiger partial charge >= 0.3 is 0 Å². The van der Waals surface area contributed by atoms with Gasteiger partial charge in [-0.05, 0) is 19.9 Å². The van der Waals surface area contributed by atoms with E-state index in [9.17, 15) is 10.1 Å². The molecule has 0 N–H and O–H groups in total. The van der Waals surface area contributed by atoms with Gasteiger partial charge in [0.15, 0.2) is 0 Å². The number of nitrogens with zero attached hydrogens (tertiary/aromatic N) is 3. The van der Waals surface area contributed by atoms with E-state index in [1.165, 1.54) is 6.07 Å². The molecule has 0 spiro atoms. The molecule has 0 amide bonds. The quantitative estimate of drug-likeness (QED) is 0.541. The number of nitro benzene ring substituents is 1. The zero-order valence-electron chi connectivity index (χ0n) is 11.2. The highest BCUT2D eigenvalue weighted by molar-refractivity contribution is 5.88. The van der Waals surface area contributed by atoms with Crippen LogP contribution in [0.4, 0.5) is 5.69 Å². The van der Waals surface area contributed by atoms with Crippen molar-refractivity contribution in [2.45, 2.75) is 20.4 Å². The van der Waals surface area contributed by atoms with E-state index in [0.29, 0.717) is 18.0 Å². The molecule has 102 valence electrons. The second-order valence-corrected chi connectivity index (χ2v) is 4.66. The lowest BCUT2D eigenvalue weighted by Crippen LogP contribution is -2.00. The molecule has 0 aliphatic carbocycles. The van der Waals surface area contributed by atoms with E-state index in [4.69, 9.17) is 4.42 Å². The molecule has 20 heavy (non-hydrogen) atoms. The molecule has 0 saturated heterocycles. The van der Waals surface area contributed by atoms with Gasteiger partial charge in [0.25, 0.3) is 5.69 Å². The van der Waals surface area contributed by atoms with Crippen molar-refractivity contribution >= 4 is 16.6 Å². The molecular weight excluding hydrogens is 258 g/mol. The second-order valence-electron chi connectivity index (χ2n) is 4.66. The Morgan fingerprint density at radius 3 is 2.80 bits per heavy atom. The number of rotatable bonds is 3. The van der Waals surface area contributed by atoms with Gasteiger partial charge in [-0.15, -0.1) is 0 Å². The third-order valence-corrected chi connectivity index (χ3v) is 3.34. The third kappa shape index (κ3) is 1.95. The number of fused-ring (bicyclic) bond motifs is 1. The topological polar surface area (TPSA) is 74.1 Å². The predicted octanol–water partition coefficient (Wildman–Crippen LogP) is 3.20. The van der Waals surface area contributed by atoms with Crippen LogP contribution in [-0.2, 0) is 6.54 Å². The molecular formula is C14H13N3O3. The lowest BCUT2D eigenvalue weighted by molar-refractivity contribution is -0.383. The maximum atomic E-state index is 11.1. The number of aryl methyl sites for hydroxylation is 2. The van der Waals surface area contributed by atoms with E-state index in [1.807, 2.05) is 32.2 Å². The van der Waals surface area contributed by atoms with Crippen molar-refractivity contribution in [2.75, 3.05) is 0 Å². The molecule has 0 aliphatic heterocycles. The first-order valence-electron chi connectivity index (χ1n) is 6.21. The van der Waals surface area contributed by atoms with Crippen LogP contribution < -0.4 is 0 Å². The summed E-state index contributed by atoms with van der Waals surface area (Å²) in [5.74, 6) is 1.32. The Bertz CT molecular complexity index is 782. The Hall–Kier alpha value is -2.63. The Morgan fingerprint density at radius 2 is 2.15 bits per heavy atom. The van der Waals surface area contributed by atoms with Crippen LogP contribution in [-0.4, -0.2) is 14.5 Å². The van der Waals surface area contributed by atoms with E-state index in [2.05, 4.69) is 4.98 Å². The molecule has 0 fully saturated rings. The van der Waals surface area contributed by atoms with Gasteiger partial charge in [0, 0.05) is 17.6 Å². The fourth-order valence-corrected chi connectivity index (χ4v) is 2.27. The highest BCUT2D eigenvalue weighted by atomic mass is 16.6. The Morgan fingerprint density at radius 1 is 1.35 bits per heavy atom. The van der Waals surface area contributed by atoms with Crippen molar-refractivity contribution in [3.05, 3.63) is 57.9 Å². The molecule has 6 heteroatoms. The molecule has 0 aliphatic rings. The maximum Gasteiger partial charge on any atom is 0.293 e. The molecule has 0 unspecified atom stereocenters. The third-order valence-electron chi connectivity index (χ3n) is 3.34. The average Bonchev–Trinajstić information content (AvgIpc) is 2.94. The first-order valence-corrected chi connectivity index (χ1v) is 6.21. The SMILES string of the molecule is Cc1nc(Cn2ccc3cccc([N+](=O)[O-])c32)oc1C. The largest absolute Gasteiger partial charge is 0.444 e. The number of non-ortho nitro benzene ring substituents is 1. The zero-order valence-corrected chi connectivity index (χ0v) is 11.2. The number of aromatic nitrogens is 2. The highest BCUT2D eigenvalue weighted by Gasteiger charge is 2.16. The van der Waals surface area contributed by atoms with Crippen LogP contribution in [0.5, 0.6) is 0 Å². The van der Waals surface area contributed by atoms with Gasteiger partial charge in [0.2, 0.25) is 5.89 Å². The van der Waals surface area contributed by atoms with Crippen LogP contribution in [0, 0.1) is 24.0 Å². The summed E-state index contributed by atoms with van der Waals surface area (Å²) >= 11 is 0. The lowest BCUT2D eigenvalue weighted by atomic mass is 10.2. The van der Waals surface area contributed by atoms with Crippen molar-refractivity contribution in [2.24, 2.45) is 0 Å². The number of benzene rings is 1. The standard InChI is InChI=1S/C14H13N3O3/c1-9-10(2)20-13(15-9)8-16-7-6-11-4-3-5-12(14(11)16)17(18)19/h3-7H,8H2,1-2H3. The van der Waals surface area contributed by atoms with E-state index in [-0.39, 0.29) is 10.6 Å². The highest BCUT2D eigenvalue weighted by Crippen LogP contribution is 2.27. The summed E-state index contributed by atoms with van der Waals surface area (Å²) in [4.78, 5) is 15.1. The van der Waals surface area contributed by atoms with Crippen molar-refractivity contribution in [1.82, 2.24) is 9.55 Å². The van der Waals surface area contributed by atoms with Crippen molar-refractivity contribution in [1.29, 1.82) is 0 Å². The van der Waals surface area contributed by atoms with Gasteiger partial charge in [-0.25, -0.2) is 4.98 Å². The summed E-state index contributed by atoms with van der Waals surface area (Å²) in [6, 6.07) is 6.89. The van der Waals surface area contributed by atoms with Crippen molar-refractivity contribution in [3.63, 3.8) is 0 Å². The monoisotopic (exact) mass is 271 g/mol. The number of para-hydroxylation sites is 1. The summed E-state index contributed by atoms with van der Waals surface area (Å²) in [6.45, 7) is 4.10. The van der Waals surface area contributed by atoms with Gasteiger partial charge in [-0.3, -0.25) is 10.1 Å². The lowest BCUT2D eigenvalue weighted by Gasteiger charge is -2.02. The normalized spacial score (nSPS) is 11.1. The number of nitro groups is 1. The van der Waals surface area contributed by atoms with Gasteiger partial charge in [-0.1, -0.05) is 12.1 Å². The Labute approximate surface area is 114 Å². The summed E-state index contributed by atoms with van der Waals surface area (Å²) < 4.78 is 7.32. The Kier molecular flexibility index (Phi) is 2.78. The van der Waals surface area contributed by atoms with Gasteiger partial charge in [-0.2, -0.15) is 0 Å². The van der Waals surface area contributed by atoms with E-state index in [1.54, 1.807) is 10.6 Å². The van der Waals surface area contributed by atoms with Gasteiger partial charge in [0.1, 0.15) is 11.3 Å². The van der Waals surface area contributed by atoms with Crippen LogP contribution in [0.25, 0.3) is 10.9 Å². The summed E-state index contributed by atoms with van der Waals surface area (Å²) in [7, 11) is 0. The minimum Gasteiger partial charge on any atom is -0.444 e. The molecule has 1 aromatic carbocycles. The fraction of sp³-hybridized carbons (Fsp3) is 0.214. The van der Waals surface area contributed by atoms with Crippen molar-refractivity contribution < 1.29 is 9.34 Å². The van der Waals surface area contributed by atoms with Crippen molar-refractivity contribution in [3.8, 4) is 0 Å². The number of oxazole rings is 1. The summed E-state index contributed by atoms with van der Waals surface area (Å²) in [6.07, 6.45) is 1.81. The molecule has 0 saturated carbocycles. The van der Waals surface area contributed by atoms with E-state index >= 15 is 0 Å². The molecule has 2 aromatic heterocycles. The van der Waals surface area contributed by atoms with Crippen LogP contribution >= 0.6 is 0 Å². The van der Waals surface area contributed by atoms with Crippen LogP contribution in [0.15, 0.2) is 34.9 Å². The fourth-order valence-electron chi connectivity index (χ4n) is 2.27. The minimum atomic E-state index is -0.370.